The summed E-state index contributed by atoms with van der Waals surface area (Å²) in [6, 6.07) is 17.6. The Bertz CT molecular complexity index is 1380. The number of nitrogens with zero attached hydrogens (tertiary/aromatic N) is 4. The highest BCUT2D eigenvalue weighted by Gasteiger charge is 2.15. The molecule has 0 spiro atoms. The molecule has 0 unspecified atom stereocenters. The number of nitrogens with one attached hydrogen (secondary N) is 2. The second-order valence-corrected chi connectivity index (χ2v) is 8.29. The van der Waals surface area contributed by atoms with Crippen LogP contribution in [0.2, 0.25) is 0 Å². The Labute approximate surface area is 192 Å². The number of Topliss-reactive ketones (excluding diaryl/α,β-unsaturated/α-hetero) is 1. The summed E-state index contributed by atoms with van der Waals surface area (Å²) >= 11 is 0. The van der Waals surface area contributed by atoms with E-state index >= 15 is 0 Å². The fraction of sp³-hybridized carbons (Fsp3) is 0.231. The minimum Gasteiger partial charge on any atom is -0.367 e. The molecule has 2 aromatic carbocycles. The molecule has 2 N–H and O–H groups in total. The van der Waals surface area contributed by atoms with E-state index in [1.165, 1.54) is 0 Å². The molecule has 7 nitrogen and oxygen atoms in total. The van der Waals surface area contributed by atoms with Crippen LogP contribution in [0, 0.1) is 5.92 Å². The number of aromatic amines is 1. The summed E-state index contributed by atoms with van der Waals surface area (Å²) in [6.45, 7) is 5.14. The van der Waals surface area contributed by atoms with Gasteiger partial charge in [0.2, 0.25) is 0 Å². The predicted octanol–water partition coefficient (Wildman–Crippen LogP) is 5.40. The minimum atomic E-state index is 0. The van der Waals surface area contributed by atoms with Crippen LogP contribution in [-0.4, -0.2) is 36.9 Å². The third kappa shape index (κ3) is 4.35. The van der Waals surface area contributed by atoms with Crippen LogP contribution in [0.15, 0.2) is 67.0 Å². The molecule has 0 saturated heterocycles. The Hall–Kier alpha value is -4.00. The molecule has 0 fully saturated rings. The Morgan fingerprint density at radius 3 is 2.61 bits per heavy atom. The zero-order valence-electron chi connectivity index (χ0n) is 18.0. The molecule has 7 heteroatoms. The molecule has 0 aliphatic rings. The predicted molar refractivity (Wildman–Crippen MR) is 133 cm³/mol. The average molecular weight is 441 g/mol. The first-order valence-electron chi connectivity index (χ1n) is 10.7. The molecule has 0 amide bonds. The van der Waals surface area contributed by atoms with Crippen molar-refractivity contribution in [3.63, 3.8) is 0 Å². The maximum atomic E-state index is 12.6. The van der Waals surface area contributed by atoms with Gasteiger partial charge in [-0.05, 0) is 24.1 Å². The molecule has 168 valence electrons. The van der Waals surface area contributed by atoms with E-state index in [9.17, 15) is 4.79 Å². The van der Waals surface area contributed by atoms with Crippen molar-refractivity contribution in [1.29, 1.82) is 0 Å². The highest BCUT2D eigenvalue weighted by Crippen LogP contribution is 2.29. The summed E-state index contributed by atoms with van der Waals surface area (Å²) in [5.41, 5.74) is 6.10. The third-order valence-electron chi connectivity index (χ3n) is 5.42. The molecule has 0 aliphatic heterocycles. The van der Waals surface area contributed by atoms with Gasteiger partial charge in [-0.3, -0.25) is 14.3 Å². The molecule has 0 radical (unpaired) electrons. The largest absolute Gasteiger partial charge is 0.367 e. The maximum absolute atomic E-state index is 12.6. The van der Waals surface area contributed by atoms with E-state index in [0.717, 1.165) is 46.0 Å². The monoisotopic (exact) mass is 440 g/mol. The van der Waals surface area contributed by atoms with Crippen molar-refractivity contribution >= 4 is 28.3 Å². The van der Waals surface area contributed by atoms with Gasteiger partial charge < -0.3 is 5.32 Å². The topological polar surface area (TPSA) is 88.0 Å². The molecular formula is C26H28N6O. The molecule has 3 aromatic heterocycles. The number of ketones is 1. The number of hydrogen-bond acceptors (Lipinski definition) is 5. The number of para-hydroxylation sites is 2. The summed E-state index contributed by atoms with van der Waals surface area (Å²) in [4.78, 5) is 22.1. The van der Waals surface area contributed by atoms with Crippen LogP contribution in [0.4, 0.5) is 5.82 Å². The van der Waals surface area contributed by atoms with Gasteiger partial charge in [0.15, 0.2) is 17.2 Å². The normalized spacial score (nSPS) is 11.1. The van der Waals surface area contributed by atoms with Gasteiger partial charge in [0, 0.05) is 29.6 Å². The van der Waals surface area contributed by atoms with Gasteiger partial charge in [-0.1, -0.05) is 57.7 Å². The summed E-state index contributed by atoms with van der Waals surface area (Å²) < 4.78 is 2.13. The maximum Gasteiger partial charge on any atom is 0.181 e. The second-order valence-electron chi connectivity index (χ2n) is 8.29. The number of carbonyl (C=O) groups is 1. The van der Waals surface area contributed by atoms with E-state index in [2.05, 4.69) is 39.8 Å². The fourth-order valence-corrected chi connectivity index (χ4v) is 3.79. The van der Waals surface area contributed by atoms with E-state index in [1.807, 2.05) is 54.7 Å². The lowest BCUT2D eigenvalue weighted by Crippen LogP contribution is -2.11. The fourth-order valence-electron chi connectivity index (χ4n) is 3.79. The zero-order valence-corrected chi connectivity index (χ0v) is 18.0. The van der Waals surface area contributed by atoms with Crippen molar-refractivity contribution in [3.05, 3.63) is 78.2 Å². The average Bonchev–Trinajstić information content (AvgIpc) is 3.48. The lowest BCUT2D eigenvalue weighted by molar-refractivity contribution is 0.0992. The van der Waals surface area contributed by atoms with Gasteiger partial charge in [0.05, 0.1) is 29.3 Å². The van der Waals surface area contributed by atoms with Gasteiger partial charge >= 0.3 is 0 Å². The van der Waals surface area contributed by atoms with Crippen molar-refractivity contribution in [3.8, 4) is 11.3 Å². The number of carbonyl (C=O) groups excluding carboxylic acids is 1. The number of imidazole rings is 1. The SMILES string of the molecule is C.CC(C)CNc1nc2ccccc2n2c(-c3ccc(C(=O)Cc4ccn[nH]4)cc3)cnc12. The van der Waals surface area contributed by atoms with Crippen LogP contribution in [0.5, 0.6) is 0 Å². The standard InChI is InChI=1S/C25H24N6O.CH4/c1-16(2)14-26-24-25-27-15-22(31(25)21-6-4-3-5-20(21)29-24)17-7-9-18(10-8-17)23(32)13-19-11-12-28-30-19;/h3-12,15-16H,13-14H2,1-2H3,(H,26,29)(H,28,30);1H4. The minimum absolute atomic E-state index is 0. The first-order chi connectivity index (χ1) is 15.6. The van der Waals surface area contributed by atoms with Gasteiger partial charge in [0.1, 0.15) is 0 Å². The number of benzene rings is 2. The quantitative estimate of drug-likeness (QED) is 0.331. The van der Waals surface area contributed by atoms with E-state index in [4.69, 9.17) is 9.97 Å². The lowest BCUT2D eigenvalue weighted by Gasteiger charge is -2.12. The van der Waals surface area contributed by atoms with Crippen LogP contribution >= 0.6 is 0 Å². The van der Waals surface area contributed by atoms with E-state index in [-0.39, 0.29) is 13.2 Å². The van der Waals surface area contributed by atoms with Crippen molar-refractivity contribution in [2.75, 3.05) is 11.9 Å². The summed E-state index contributed by atoms with van der Waals surface area (Å²) in [6.07, 6.45) is 3.82. The molecule has 0 bridgehead atoms. The Balaban J connectivity index is 0.00000259. The summed E-state index contributed by atoms with van der Waals surface area (Å²) in [5, 5.41) is 10.2. The third-order valence-corrected chi connectivity index (χ3v) is 5.42. The van der Waals surface area contributed by atoms with Crippen molar-refractivity contribution in [1.82, 2.24) is 24.6 Å². The van der Waals surface area contributed by atoms with Crippen LogP contribution in [-0.2, 0) is 6.42 Å². The Kier molecular flexibility index (Phi) is 6.22. The highest BCUT2D eigenvalue weighted by atomic mass is 16.1. The van der Waals surface area contributed by atoms with Gasteiger partial charge in [-0.2, -0.15) is 5.10 Å². The van der Waals surface area contributed by atoms with E-state index in [0.29, 0.717) is 17.9 Å². The first kappa shape index (κ1) is 22.2. The Morgan fingerprint density at radius 2 is 1.88 bits per heavy atom. The molecule has 0 atom stereocenters. The number of rotatable bonds is 7. The lowest BCUT2D eigenvalue weighted by atomic mass is 10.0. The number of anilines is 1. The van der Waals surface area contributed by atoms with Gasteiger partial charge in [-0.15, -0.1) is 0 Å². The van der Waals surface area contributed by atoms with Crippen LogP contribution in [0.3, 0.4) is 0 Å². The number of H-pyrrole nitrogens is 1. The van der Waals surface area contributed by atoms with Crippen LogP contribution in [0.25, 0.3) is 27.9 Å². The number of aromatic nitrogens is 5. The molecule has 0 saturated carbocycles. The molecule has 0 aliphatic carbocycles. The molecular weight excluding hydrogens is 412 g/mol. The summed E-state index contributed by atoms with van der Waals surface area (Å²) in [5.74, 6) is 1.31. The molecule has 33 heavy (non-hydrogen) atoms. The van der Waals surface area contributed by atoms with Crippen molar-refractivity contribution in [2.24, 2.45) is 5.92 Å². The smallest absolute Gasteiger partial charge is 0.181 e. The van der Waals surface area contributed by atoms with Crippen molar-refractivity contribution < 1.29 is 4.79 Å². The van der Waals surface area contributed by atoms with E-state index < -0.39 is 0 Å². The van der Waals surface area contributed by atoms with E-state index in [1.54, 1.807) is 6.20 Å². The molecule has 5 rings (SSSR count). The Morgan fingerprint density at radius 1 is 1.09 bits per heavy atom. The van der Waals surface area contributed by atoms with Crippen LogP contribution in [0.1, 0.15) is 37.3 Å². The van der Waals surface area contributed by atoms with Gasteiger partial charge in [0.25, 0.3) is 0 Å². The highest BCUT2D eigenvalue weighted by molar-refractivity contribution is 5.97. The molecule has 5 aromatic rings. The zero-order chi connectivity index (χ0) is 22.1. The van der Waals surface area contributed by atoms with Gasteiger partial charge in [-0.25, -0.2) is 9.97 Å². The van der Waals surface area contributed by atoms with Crippen molar-refractivity contribution in [2.45, 2.75) is 27.7 Å². The first-order valence-corrected chi connectivity index (χ1v) is 10.7. The number of hydrogen-bond donors (Lipinski definition) is 2. The van der Waals surface area contributed by atoms with Crippen LogP contribution < -0.4 is 5.32 Å². The summed E-state index contributed by atoms with van der Waals surface area (Å²) in [7, 11) is 0. The molecule has 3 heterocycles. The second kappa shape index (κ2) is 9.24. The number of fused-ring (bicyclic) bond motifs is 3.